The molecule has 0 N–H and O–H groups in total. The molecule has 0 spiro atoms. The summed E-state index contributed by atoms with van der Waals surface area (Å²) in [5.74, 6) is 3.99. The number of hydrogen-bond donors (Lipinski definition) is 0. The quantitative estimate of drug-likeness (QED) is 0.163. The zero-order valence-electron chi connectivity index (χ0n) is 33.0. The van der Waals surface area contributed by atoms with E-state index in [1.54, 1.807) is 0 Å². The van der Waals surface area contributed by atoms with Crippen LogP contribution in [-0.4, -0.2) is 5.43 Å². The minimum atomic E-state index is -2.67. The number of allylic oxidation sites excluding steroid dienone is 2. The maximum absolute atomic E-state index is 6.59. The molecular weight excluding hydrogens is 799 g/mol. The van der Waals surface area contributed by atoms with Crippen molar-refractivity contribution in [2.24, 2.45) is 0 Å². The minimum absolute atomic E-state index is 0. The molecule has 4 aromatic carbocycles. The molecule has 2 heterocycles. The number of aryl methyl sites for hydroxylation is 6. The van der Waals surface area contributed by atoms with Gasteiger partial charge in [-0.3, -0.25) is 0 Å². The first-order chi connectivity index (χ1) is 24.9. The van der Waals surface area contributed by atoms with E-state index in [1.807, 2.05) is 0 Å². The van der Waals surface area contributed by atoms with Gasteiger partial charge < -0.3 is 24.8 Å². The van der Waals surface area contributed by atoms with Gasteiger partial charge in [-0.25, -0.2) is 0 Å². The van der Waals surface area contributed by atoms with Crippen LogP contribution in [0.5, 0.6) is 0 Å². The maximum Gasteiger partial charge on any atom is -1.00 e. The van der Waals surface area contributed by atoms with Gasteiger partial charge in [0.15, 0.2) is 0 Å². The standard InChI is InChI=1S/2C23H21O.C2H6Si.2ClH.Zr/c2*1-14-5-8-18(9-6-14)23-17(4)15(2)11-19-12-20(13-21(19)23)22-10-7-16(3)24-22;1-3-2;;;/h2*5-13H,1-4H3;1-2H3;2*1H;/q;;;;;+2/p-2. The third-order valence-electron chi connectivity index (χ3n) is 11.6. The van der Waals surface area contributed by atoms with Gasteiger partial charge >= 0.3 is 320 Å². The second-order valence-corrected chi connectivity index (χ2v) is 33.3. The molecule has 0 aliphatic heterocycles. The Balaban J connectivity index is 0.00000249. The molecule has 0 bridgehead atoms. The summed E-state index contributed by atoms with van der Waals surface area (Å²) in [6.07, 6.45) is 5.05. The molecule has 0 radical (unpaired) electrons. The van der Waals surface area contributed by atoms with Gasteiger partial charge in [0.25, 0.3) is 0 Å². The van der Waals surface area contributed by atoms with Crippen molar-refractivity contribution in [2.45, 2.75) is 75.7 Å². The van der Waals surface area contributed by atoms with Crippen LogP contribution in [-0.2, 0) is 20.4 Å². The van der Waals surface area contributed by atoms with Crippen molar-refractivity contribution < 1.29 is 54.0 Å². The third-order valence-corrected chi connectivity index (χ3v) is 30.8. The zero-order valence-corrected chi connectivity index (χ0v) is 37.9. The number of fused-ring (bicyclic) bond motifs is 2. The molecule has 8 rings (SSSR count). The maximum atomic E-state index is 6.59. The van der Waals surface area contributed by atoms with E-state index in [0.29, 0.717) is 7.25 Å². The smallest absolute Gasteiger partial charge is 1.00 e. The van der Waals surface area contributed by atoms with E-state index in [0.717, 1.165) is 23.0 Å². The summed E-state index contributed by atoms with van der Waals surface area (Å²) in [6, 6.07) is 32.1. The largest absolute Gasteiger partial charge is 1.00 e. The summed E-state index contributed by atoms with van der Waals surface area (Å²) in [5.41, 5.74) is 21.2. The Labute approximate surface area is 341 Å². The molecule has 0 fully saturated rings. The van der Waals surface area contributed by atoms with Crippen LogP contribution in [0.2, 0.25) is 13.1 Å². The van der Waals surface area contributed by atoms with Crippen LogP contribution in [0.15, 0.2) is 93.8 Å². The average Bonchev–Trinajstić information content (AvgIpc) is 3.90. The van der Waals surface area contributed by atoms with E-state index >= 15 is 0 Å². The number of hydrogen-bond acceptors (Lipinski definition) is 2. The van der Waals surface area contributed by atoms with Crippen molar-refractivity contribution in [3.8, 4) is 22.3 Å². The van der Waals surface area contributed by atoms with Gasteiger partial charge in [-0.05, 0) is 0 Å². The van der Waals surface area contributed by atoms with Crippen molar-refractivity contribution in [3.63, 3.8) is 0 Å². The van der Waals surface area contributed by atoms with Gasteiger partial charge in [-0.2, -0.15) is 0 Å². The summed E-state index contributed by atoms with van der Waals surface area (Å²) in [4.78, 5) is 0. The third kappa shape index (κ3) is 6.87. The van der Waals surface area contributed by atoms with Gasteiger partial charge in [0.1, 0.15) is 0 Å². The Bertz CT molecular complexity index is 2340. The van der Waals surface area contributed by atoms with Gasteiger partial charge in [0.2, 0.25) is 0 Å². The van der Waals surface area contributed by atoms with Gasteiger partial charge in [0.05, 0.1) is 0 Å². The summed E-state index contributed by atoms with van der Waals surface area (Å²) < 4.78 is 13.9. The Morgan fingerprint density at radius 1 is 0.500 bits per heavy atom. The van der Waals surface area contributed by atoms with E-state index in [4.69, 9.17) is 8.83 Å². The van der Waals surface area contributed by atoms with E-state index in [9.17, 15) is 0 Å². The number of rotatable bonds is 6. The van der Waals surface area contributed by atoms with E-state index in [1.165, 1.54) is 89.0 Å². The van der Waals surface area contributed by atoms with Gasteiger partial charge in [-0.15, -0.1) is 0 Å². The van der Waals surface area contributed by atoms with Crippen LogP contribution in [0, 0.1) is 55.4 Å². The minimum Gasteiger partial charge on any atom is -1.00 e. The number of halogens is 2. The fourth-order valence-corrected chi connectivity index (χ4v) is 28.5. The molecule has 2 aromatic heterocycles. The molecule has 2 atom stereocenters. The first-order valence-electron chi connectivity index (χ1n) is 18.6. The monoisotopic (exact) mass is 844 g/mol. The Morgan fingerprint density at radius 2 is 0.870 bits per heavy atom. The molecule has 54 heavy (non-hydrogen) atoms. The fourth-order valence-electron chi connectivity index (χ4n) is 8.73. The van der Waals surface area contributed by atoms with Crippen molar-refractivity contribution in [1.29, 1.82) is 0 Å². The predicted octanol–water partition coefficient (Wildman–Crippen LogP) is 7.44. The van der Waals surface area contributed by atoms with Gasteiger partial charge in [0, 0.05) is 0 Å². The normalized spacial score (nSPS) is 15.4. The Hall–Kier alpha value is -3.40. The summed E-state index contributed by atoms with van der Waals surface area (Å²) in [6.45, 7) is 23.0. The second-order valence-electron chi connectivity index (χ2n) is 15.5. The van der Waals surface area contributed by atoms with Crippen LogP contribution in [0.4, 0.5) is 0 Å². The average molecular weight is 847 g/mol. The molecule has 274 valence electrons. The van der Waals surface area contributed by atoms with E-state index < -0.39 is 25.8 Å². The number of furan rings is 2. The second kappa shape index (κ2) is 15.6. The van der Waals surface area contributed by atoms with Crippen molar-refractivity contribution >= 4 is 28.7 Å². The topological polar surface area (TPSA) is 26.3 Å². The predicted molar refractivity (Wildman–Crippen MR) is 218 cm³/mol. The number of benzene rings is 4. The van der Waals surface area contributed by atoms with Crippen molar-refractivity contribution in [2.75, 3.05) is 0 Å². The van der Waals surface area contributed by atoms with Crippen LogP contribution >= 0.6 is 0 Å². The molecule has 2 aliphatic carbocycles. The molecule has 2 aliphatic rings. The molecular formula is C48H48Cl2O2SiZr. The van der Waals surface area contributed by atoms with Crippen molar-refractivity contribution in [3.05, 3.63) is 164 Å². The molecule has 2 unspecified atom stereocenters. The first kappa shape index (κ1) is 40.3. The SMILES string of the molecule is Cc1ccc(-c2c(C)c(C)cc3c2C=C(c2ccc(C)o2)[CH]3[Zr+2]([CH]2C(c3ccc(C)o3)=Cc3c2cc(C)c(C)c3-c2ccc(C)cc2)=[Si](C)C)cc1.[Cl-].[Cl-]. The van der Waals surface area contributed by atoms with Crippen molar-refractivity contribution in [1.82, 2.24) is 0 Å². The molecule has 0 saturated carbocycles. The Morgan fingerprint density at radius 3 is 1.19 bits per heavy atom. The first-order valence-corrected chi connectivity index (χ1v) is 27.6. The molecule has 2 nitrogen and oxygen atoms in total. The van der Waals surface area contributed by atoms with E-state index in [2.05, 4.69) is 166 Å². The fraction of sp³-hybridized carbons (Fsp3) is 0.250. The summed E-state index contributed by atoms with van der Waals surface area (Å²) >= 11 is -2.67. The van der Waals surface area contributed by atoms with Crippen LogP contribution in [0.3, 0.4) is 0 Å². The zero-order chi connectivity index (χ0) is 36.6. The molecule has 0 amide bonds. The van der Waals surface area contributed by atoms with Gasteiger partial charge in [-0.1, -0.05) is 0 Å². The van der Waals surface area contributed by atoms with Crippen LogP contribution < -0.4 is 24.8 Å². The Kier molecular flexibility index (Phi) is 11.6. The summed E-state index contributed by atoms with van der Waals surface area (Å²) in [7, 11) is 0. The van der Waals surface area contributed by atoms with E-state index in [-0.39, 0.29) is 24.8 Å². The summed E-state index contributed by atoms with van der Waals surface area (Å²) in [5, 5.41) is 0. The molecule has 6 heteroatoms. The molecule has 6 aromatic rings. The van der Waals surface area contributed by atoms with Crippen LogP contribution in [0.1, 0.15) is 85.9 Å². The molecule has 0 saturated heterocycles. The van der Waals surface area contributed by atoms with Crippen LogP contribution in [0.25, 0.3) is 45.6 Å².